The molecule has 1 amide bonds. The summed E-state index contributed by atoms with van der Waals surface area (Å²) in [5.41, 5.74) is 2.06. The predicted octanol–water partition coefficient (Wildman–Crippen LogP) is 4.84. The van der Waals surface area contributed by atoms with E-state index in [-0.39, 0.29) is 11.9 Å². The molecule has 2 rings (SSSR count). The lowest BCUT2D eigenvalue weighted by Crippen LogP contribution is -2.31. The third kappa shape index (κ3) is 5.13. The van der Waals surface area contributed by atoms with Crippen LogP contribution in [0.25, 0.3) is 0 Å². The number of aromatic nitrogens is 1. The second-order valence-electron chi connectivity index (χ2n) is 5.19. The van der Waals surface area contributed by atoms with Crippen LogP contribution in [-0.4, -0.2) is 28.6 Å². The van der Waals surface area contributed by atoms with Crippen molar-refractivity contribution in [1.29, 1.82) is 0 Å². The molecule has 1 aromatic carbocycles. The summed E-state index contributed by atoms with van der Waals surface area (Å²) in [6, 6.07) is 9.16. The number of thioether (sulfide) groups is 1. The molecule has 0 spiro atoms. The minimum atomic E-state index is -0.103. The molecule has 122 valence electrons. The van der Waals surface area contributed by atoms with Gasteiger partial charge in [0.1, 0.15) is 0 Å². The normalized spacial score (nSPS) is 12.0. The predicted molar refractivity (Wildman–Crippen MR) is 98.0 cm³/mol. The summed E-state index contributed by atoms with van der Waals surface area (Å²) in [6.07, 6.45) is 3.52. The molecule has 0 aliphatic carbocycles. The van der Waals surface area contributed by atoms with E-state index in [9.17, 15) is 4.79 Å². The van der Waals surface area contributed by atoms with Gasteiger partial charge in [0.2, 0.25) is 5.91 Å². The van der Waals surface area contributed by atoms with Crippen molar-refractivity contribution in [2.45, 2.75) is 18.7 Å². The molecule has 1 heterocycles. The molecular weight excluding hydrogens is 351 g/mol. The summed E-state index contributed by atoms with van der Waals surface area (Å²) >= 11 is 13.7. The average molecular weight is 369 g/mol. The van der Waals surface area contributed by atoms with Crippen molar-refractivity contribution in [1.82, 2.24) is 9.88 Å². The summed E-state index contributed by atoms with van der Waals surface area (Å²) in [7, 11) is 1.80. The Morgan fingerprint density at radius 1 is 1.26 bits per heavy atom. The fourth-order valence-corrected chi connectivity index (χ4v) is 3.58. The van der Waals surface area contributed by atoms with Gasteiger partial charge >= 0.3 is 0 Å². The van der Waals surface area contributed by atoms with Gasteiger partial charge in [-0.15, -0.1) is 11.8 Å². The topological polar surface area (TPSA) is 33.2 Å². The van der Waals surface area contributed by atoms with Crippen LogP contribution in [0.1, 0.15) is 24.1 Å². The van der Waals surface area contributed by atoms with Crippen LogP contribution >= 0.6 is 35.0 Å². The van der Waals surface area contributed by atoms with Gasteiger partial charge in [-0.1, -0.05) is 29.3 Å². The Morgan fingerprint density at radius 3 is 2.61 bits per heavy atom. The van der Waals surface area contributed by atoms with E-state index < -0.39 is 0 Å². The maximum Gasteiger partial charge on any atom is 0.232 e. The van der Waals surface area contributed by atoms with Gasteiger partial charge in [-0.25, -0.2) is 0 Å². The van der Waals surface area contributed by atoms with Crippen LogP contribution in [0, 0.1) is 0 Å². The summed E-state index contributed by atoms with van der Waals surface area (Å²) in [5, 5.41) is 1.17. The lowest BCUT2D eigenvalue weighted by molar-refractivity contribution is -0.128. The highest BCUT2D eigenvalue weighted by atomic mass is 35.5. The third-order valence-electron chi connectivity index (χ3n) is 3.63. The monoisotopic (exact) mass is 368 g/mol. The van der Waals surface area contributed by atoms with E-state index in [2.05, 4.69) is 4.98 Å². The van der Waals surface area contributed by atoms with Crippen molar-refractivity contribution in [3.05, 3.63) is 63.9 Å². The Hall–Kier alpha value is -1.23. The van der Waals surface area contributed by atoms with E-state index in [0.717, 1.165) is 16.9 Å². The zero-order chi connectivity index (χ0) is 16.8. The number of hydrogen-bond acceptors (Lipinski definition) is 3. The molecule has 6 heteroatoms. The summed E-state index contributed by atoms with van der Waals surface area (Å²) < 4.78 is 0. The van der Waals surface area contributed by atoms with E-state index in [1.54, 1.807) is 48.2 Å². The number of halogens is 2. The highest BCUT2D eigenvalue weighted by molar-refractivity contribution is 7.99. The van der Waals surface area contributed by atoms with Gasteiger partial charge in [0.15, 0.2) is 0 Å². The van der Waals surface area contributed by atoms with Gasteiger partial charge in [-0.2, -0.15) is 0 Å². The van der Waals surface area contributed by atoms with Gasteiger partial charge < -0.3 is 4.90 Å². The number of amides is 1. The van der Waals surface area contributed by atoms with E-state index in [1.807, 2.05) is 25.1 Å². The molecule has 0 bridgehead atoms. The molecule has 23 heavy (non-hydrogen) atoms. The van der Waals surface area contributed by atoms with E-state index in [4.69, 9.17) is 23.2 Å². The van der Waals surface area contributed by atoms with Crippen molar-refractivity contribution in [3.63, 3.8) is 0 Å². The summed E-state index contributed by atoms with van der Waals surface area (Å²) in [5.74, 6) is 1.29. The first-order valence-corrected chi connectivity index (χ1v) is 9.07. The zero-order valence-corrected chi connectivity index (χ0v) is 15.3. The molecule has 1 aromatic heterocycles. The quantitative estimate of drug-likeness (QED) is 0.730. The lowest BCUT2D eigenvalue weighted by atomic mass is 10.1. The number of carbonyl (C=O) groups excluding carboxylic acids is 1. The number of benzene rings is 1. The molecule has 0 aliphatic heterocycles. The molecule has 0 radical (unpaired) electrons. The minimum absolute atomic E-state index is 0.0718. The summed E-state index contributed by atoms with van der Waals surface area (Å²) in [4.78, 5) is 18.0. The van der Waals surface area contributed by atoms with Crippen molar-refractivity contribution in [2.24, 2.45) is 0 Å². The molecule has 2 aromatic rings. The Bertz CT molecular complexity index is 667. The number of nitrogens with zero attached hydrogens (tertiary/aromatic N) is 2. The molecule has 3 nitrogen and oxygen atoms in total. The first-order chi connectivity index (χ1) is 11.0. The van der Waals surface area contributed by atoms with Crippen molar-refractivity contribution >= 4 is 40.9 Å². The standard InChI is InChI=1S/C17H18Cl2N2OS/c1-12(15-4-3-14(18)9-16(15)19)21(2)17(22)11-23-10-13-5-7-20-8-6-13/h3-9,12H,10-11H2,1-2H3/t12-/m0/s1. The van der Waals surface area contributed by atoms with Crippen molar-refractivity contribution in [3.8, 4) is 0 Å². The van der Waals surface area contributed by atoms with Crippen LogP contribution in [0.5, 0.6) is 0 Å². The SMILES string of the molecule is C[C@@H](c1ccc(Cl)cc1Cl)N(C)C(=O)CSCc1ccncc1. The zero-order valence-electron chi connectivity index (χ0n) is 13.0. The maximum atomic E-state index is 12.3. The van der Waals surface area contributed by atoms with Crippen LogP contribution in [0.15, 0.2) is 42.7 Å². The van der Waals surface area contributed by atoms with E-state index in [0.29, 0.717) is 15.8 Å². The second kappa shape index (κ2) is 8.57. The molecule has 0 saturated heterocycles. The molecule has 0 N–H and O–H groups in total. The number of carbonyl (C=O) groups is 1. The average Bonchev–Trinajstić information content (AvgIpc) is 2.54. The van der Waals surface area contributed by atoms with Crippen LogP contribution in [0.2, 0.25) is 10.0 Å². The van der Waals surface area contributed by atoms with Gasteiger partial charge in [-0.05, 0) is 42.3 Å². The molecule has 0 unspecified atom stereocenters. The highest BCUT2D eigenvalue weighted by Gasteiger charge is 2.19. The van der Waals surface area contributed by atoms with Crippen LogP contribution < -0.4 is 0 Å². The molecule has 0 aliphatic rings. The first-order valence-electron chi connectivity index (χ1n) is 7.16. The Balaban J connectivity index is 1.91. The number of pyridine rings is 1. The molecule has 1 atom stereocenters. The van der Waals surface area contributed by atoms with Gasteiger partial charge in [-0.3, -0.25) is 9.78 Å². The largest absolute Gasteiger partial charge is 0.338 e. The molecule has 0 saturated carbocycles. The van der Waals surface area contributed by atoms with Gasteiger partial charge in [0.25, 0.3) is 0 Å². The summed E-state index contributed by atoms with van der Waals surface area (Å²) in [6.45, 7) is 1.96. The first kappa shape index (κ1) is 18.1. The van der Waals surface area contributed by atoms with Crippen LogP contribution in [0.4, 0.5) is 0 Å². The van der Waals surface area contributed by atoms with Crippen LogP contribution in [0.3, 0.4) is 0 Å². The maximum absolute atomic E-state index is 12.3. The Labute approximate surface area is 151 Å². The smallest absolute Gasteiger partial charge is 0.232 e. The van der Waals surface area contributed by atoms with Crippen molar-refractivity contribution in [2.75, 3.05) is 12.8 Å². The van der Waals surface area contributed by atoms with E-state index in [1.165, 1.54) is 0 Å². The van der Waals surface area contributed by atoms with Crippen molar-refractivity contribution < 1.29 is 4.79 Å². The Kier molecular flexibility index (Phi) is 6.75. The number of rotatable bonds is 6. The second-order valence-corrected chi connectivity index (χ2v) is 7.02. The minimum Gasteiger partial charge on any atom is -0.338 e. The van der Waals surface area contributed by atoms with E-state index >= 15 is 0 Å². The third-order valence-corrected chi connectivity index (χ3v) is 5.18. The fraction of sp³-hybridized carbons (Fsp3) is 0.294. The molecular formula is C17H18Cl2N2OS. The fourth-order valence-electron chi connectivity index (χ4n) is 2.10. The molecule has 0 fully saturated rings. The lowest BCUT2D eigenvalue weighted by Gasteiger charge is -2.26. The van der Waals surface area contributed by atoms with Gasteiger partial charge in [0, 0.05) is 35.2 Å². The Morgan fingerprint density at radius 2 is 1.96 bits per heavy atom. The van der Waals surface area contributed by atoms with Gasteiger partial charge in [0.05, 0.1) is 11.8 Å². The van der Waals surface area contributed by atoms with Crippen LogP contribution in [-0.2, 0) is 10.5 Å². The highest BCUT2D eigenvalue weighted by Crippen LogP contribution is 2.29. The number of hydrogen-bond donors (Lipinski definition) is 0.